The van der Waals surface area contributed by atoms with Crippen LogP contribution >= 0.6 is 0 Å². The molecule has 1 N–H and O–H groups in total. The van der Waals surface area contributed by atoms with Crippen molar-refractivity contribution in [2.24, 2.45) is 0 Å². The fourth-order valence-electron chi connectivity index (χ4n) is 2.70. The van der Waals surface area contributed by atoms with Gasteiger partial charge >= 0.3 is 0 Å². The number of anilines is 1. The summed E-state index contributed by atoms with van der Waals surface area (Å²) >= 11 is 0. The SMILES string of the molecule is FC(F)(CN1CCNCc2ccccc21)c1ccccc1. The molecular weight excluding hydrogens is 270 g/mol. The number of rotatable bonds is 3. The van der Waals surface area contributed by atoms with Crippen molar-refractivity contribution in [3.63, 3.8) is 0 Å². The average Bonchev–Trinajstić information content (AvgIpc) is 2.71. The zero-order valence-corrected chi connectivity index (χ0v) is 11.7. The molecule has 110 valence electrons. The van der Waals surface area contributed by atoms with Crippen molar-refractivity contribution in [3.8, 4) is 0 Å². The monoisotopic (exact) mass is 288 g/mol. The topological polar surface area (TPSA) is 15.3 Å². The molecule has 0 atom stereocenters. The van der Waals surface area contributed by atoms with Gasteiger partial charge in [0.05, 0.1) is 6.54 Å². The van der Waals surface area contributed by atoms with Crippen LogP contribution in [0.15, 0.2) is 54.6 Å². The summed E-state index contributed by atoms with van der Waals surface area (Å²) in [6.45, 7) is 1.72. The van der Waals surface area contributed by atoms with E-state index in [4.69, 9.17) is 0 Å². The van der Waals surface area contributed by atoms with Gasteiger partial charge in [-0.25, -0.2) is 0 Å². The van der Waals surface area contributed by atoms with Gasteiger partial charge in [-0.15, -0.1) is 0 Å². The van der Waals surface area contributed by atoms with Crippen molar-refractivity contribution >= 4 is 5.69 Å². The van der Waals surface area contributed by atoms with Crippen LogP contribution in [0, 0.1) is 0 Å². The van der Waals surface area contributed by atoms with Gasteiger partial charge in [-0.05, 0) is 11.6 Å². The lowest BCUT2D eigenvalue weighted by Gasteiger charge is -2.29. The number of fused-ring (bicyclic) bond motifs is 1. The van der Waals surface area contributed by atoms with Crippen LogP contribution in [0.2, 0.25) is 0 Å². The number of hydrogen-bond acceptors (Lipinski definition) is 2. The number of hydrogen-bond donors (Lipinski definition) is 1. The maximum Gasteiger partial charge on any atom is 0.290 e. The minimum atomic E-state index is -2.86. The van der Waals surface area contributed by atoms with Crippen LogP contribution < -0.4 is 10.2 Å². The van der Waals surface area contributed by atoms with E-state index in [0.29, 0.717) is 13.1 Å². The Labute approximate surface area is 123 Å². The lowest BCUT2D eigenvalue weighted by molar-refractivity contribution is 0.00404. The third-order valence-electron chi connectivity index (χ3n) is 3.79. The highest BCUT2D eigenvalue weighted by molar-refractivity contribution is 5.54. The van der Waals surface area contributed by atoms with Crippen LogP contribution in [0.4, 0.5) is 14.5 Å². The van der Waals surface area contributed by atoms with E-state index in [1.165, 1.54) is 12.1 Å². The fraction of sp³-hybridized carbons (Fsp3) is 0.294. The molecule has 0 bridgehead atoms. The van der Waals surface area contributed by atoms with Gasteiger partial charge in [0.15, 0.2) is 0 Å². The van der Waals surface area contributed by atoms with Gasteiger partial charge in [-0.3, -0.25) is 0 Å². The summed E-state index contributed by atoms with van der Waals surface area (Å²) in [5.41, 5.74) is 2.04. The Bertz CT molecular complexity index is 599. The Kier molecular flexibility index (Phi) is 3.88. The van der Waals surface area contributed by atoms with E-state index in [0.717, 1.165) is 17.8 Å². The lowest BCUT2D eigenvalue weighted by atomic mass is 10.1. The van der Waals surface area contributed by atoms with Gasteiger partial charge in [0.2, 0.25) is 0 Å². The van der Waals surface area contributed by atoms with Crippen molar-refractivity contribution in [3.05, 3.63) is 65.7 Å². The van der Waals surface area contributed by atoms with E-state index in [9.17, 15) is 8.78 Å². The normalized spacial score (nSPS) is 15.4. The van der Waals surface area contributed by atoms with Crippen LogP contribution in [0.3, 0.4) is 0 Å². The molecule has 2 aromatic rings. The first-order valence-electron chi connectivity index (χ1n) is 7.14. The Morgan fingerprint density at radius 2 is 1.71 bits per heavy atom. The minimum Gasteiger partial charge on any atom is -0.364 e. The molecule has 0 spiro atoms. The molecule has 0 amide bonds. The predicted molar refractivity (Wildman–Crippen MR) is 80.7 cm³/mol. The number of nitrogens with one attached hydrogen (secondary N) is 1. The summed E-state index contributed by atoms with van der Waals surface area (Å²) < 4.78 is 29.0. The predicted octanol–water partition coefficient (Wildman–Crippen LogP) is 3.39. The molecular formula is C17H18F2N2. The lowest BCUT2D eigenvalue weighted by Crippen LogP contribution is -2.38. The number of nitrogens with zero attached hydrogens (tertiary/aromatic N) is 1. The zero-order valence-electron chi connectivity index (χ0n) is 11.7. The molecule has 1 aliphatic rings. The Morgan fingerprint density at radius 3 is 2.52 bits per heavy atom. The van der Waals surface area contributed by atoms with E-state index >= 15 is 0 Å². The number of halogens is 2. The van der Waals surface area contributed by atoms with Crippen LogP contribution in [0.25, 0.3) is 0 Å². The summed E-state index contributed by atoms with van der Waals surface area (Å²) in [5, 5.41) is 3.27. The van der Waals surface area contributed by atoms with E-state index in [-0.39, 0.29) is 12.1 Å². The summed E-state index contributed by atoms with van der Waals surface area (Å²) in [5.74, 6) is -2.86. The molecule has 0 aliphatic carbocycles. The second-order valence-corrected chi connectivity index (χ2v) is 5.30. The second-order valence-electron chi connectivity index (χ2n) is 5.30. The highest BCUT2D eigenvalue weighted by Gasteiger charge is 2.34. The van der Waals surface area contributed by atoms with E-state index in [1.54, 1.807) is 23.1 Å². The van der Waals surface area contributed by atoms with Crippen LogP contribution in [0.1, 0.15) is 11.1 Å². The molecule has 0 fully saturated rings. The Balaban J connectivity index is 1.87. The summed E-state index contributed by atoms with van der Waals surface area (Å²) in [4.78, 5) is 1.78. The van der Waals surface area contributed by atoms with Gasteiger partial charge in [-0.1, -0.05) is 48.5 Å². The fourth-order valence-corrected chi connectivity index (χ4v) is 2.70. The van der Waals surface area contributed by atoms with Gasteiger partial charge in [-0.2, -0.15) is 8.78 Å². The molecule has 0 saturated carbocycles. The van der Waals surface area contributed by atoms with Crippen molar-refractivity contribution in [2.75, 3.05) is 24.5 Å². The maximum absolute atomic E-state index is 14.5. The maximum atomic E-state index is 14.5. The quantitative estimate of drug-likeness (QED) is 0.931. The molecule has 2 nitrogen and oxygen atoms in total. The van der Waals surface area contributed by atoms with Crippen LogP contribution in [0.5, 0.6) is 0 Å². The Morgan fingerprint density at radius 1 is 1.00 bits per heavy atom. The van der Waals surface area contributed by atoms with Crippen molar-refractivity contribution in [1.82, 2.24) is 5.32 Å². The van der Waals surface area contributed by atoms with Gasteiger partial charge < -0.3 is 10.2 Å². The first-order valence-corrected chi connectivity index (χ1v) is 7.14. The van der Waals surface area contributed by atoms with Crippen molar-refractivity contribution < 1.29 is 8.78 Å². The molecule has 0 saturated heterocycles. The first kappa shape index (κ1) is 14.0. The summed E-state index contributed by atoms with van der Waals surface area (Å²) in [7, 11) is 0. The third kappa shape index (κ3) is 3.05. The molecule has 21 heavy (non-hydrogen) atoms. The first-order chi connectivity index (χ1) is 10.2. The molecule has 0 unspecified atom stereocenters. The summed E-state index contributed by atoms with van der Waals surface area (Å²) in [6, 6.07) is 15.8. The Hall–Kier alpha value is -1.94. The van der Waals surface area contributed by atoms with E-state index in [1.807, 2.05) is 24.3 Å². The minimum absolute atomic E-state index is 0.0692. The molecule has 0 aromatic heterocycles. The van der Waals surface area contributed by atoms with E-state index < -0.39 is 5.92 Å². The smallest absolute Gasteiger partial charge is 0.290 e. The molecule has 2 aromatic carbocycles. The van der Waals surface area contributed by atoms with E-state index in [2.05, 4.69) is 5.32 Å². The molecule has 1 heterocycles. The van der Waals surface area contributed by atoms with Crippen LogP contribution in [-0.2, 0) is 12.5 Å². The standard InChI is InChI=1S/C17H18F2N2/c18-17(19,15-7-2-1-3-8-15)13-21-11-10-20-12-14-6-4-5-9-16(14)21/h1-9,20H,10-13H2. The zero-order chi connectivity index (χ0) is 14.7. The number of alkyl halides is 2. The highest BCUT2D eigenvalue weighted by atomic mass is 19.3. The molecule has 0 radical (unpaired) electrons. The summed E-state index contributed by atoms with van der Waals surface area (Å²) in [6.07, 6.45) is 0. The van der Waals surface area contributed by atoms with Crippen molar-refractivity contribution in [1.29, 1.82) is 0 Å². The molecule has 1 aliphatic heterocycles. The van der Waals surface area contributed by atoms with Gasteiger partial charge in [0.25, 0.3) is 5.92 Å². The highest BCUT2D eigenvalue weighted by Crippen LogP contribution is 2.32. The third-order valence-corrected chi connectivity index (χ3v) is 3.79. The largest absolute Gasteiger partial charge is 0.364 e. The second kappa shape index (κ2) is 5.82. The van der Waals surface area contributed by atoms with Gasteiger partial charge in [0, 0.05) is 30.9 Å². The number of para-hydroxylation sites is 1. The number of benzene rings is 2. The molecule has 4 heteroatoms. The van der Waals surface area contributed by atoms with Crippen LogP contribution in [-0.4, -0.2) is 19.6 Å². The van der Waals surface area contributed by atoms with Crippen molar-refractivity contribution in [2.45, 2.75) is 12.5 Å². The molecule has 3 rings (SSSR count). The van der Waals surface area contributed by atoms with Gasteiger partial charge in [0.1, 0.15) is 0 Å². The average molecular weight is 288 g/mol.